The van der Waals surface area contributed by atoms with Crippen molar-refractivity contribution in [2.24, 2.45) is 11.7 Å². The number of alkyl halides is 2. The zero-order chi connectivity index (χ0) is 9.03. The predicted molar refractivity (Wildman–Crippen MR) is 45.2 cm³/mol. The van der Waals surface area contributed by atoms with Gasteiger partial charge in [-0.05, 0) is 5.92 Å². The molecule has 0 spiro atoms. The molecule has 1 saturated carbocycles. The van der Waals surface area contributed by atoms with Crippen molar-refractivity contribution in [3.63, 3.8) is 0 Å². The minimum Gasteiger partial charge on any atom is -0.325 e. The average molecular weight is 177 g/mol. The van der Waals surface area contributed by atoms with Gasteiger partial charge in [0.25, 0.3) is 5.92 Å². The van der Waals surface area contributed by atoms with Crippen LogP contribution in [-0.4, -0.2) is 12.5 Å². The number of halogens is 2. The zero-order valence-electron chi connectivity index (χ0n) is 7.36. The quantitative estimate of drug-likeness (QED) is 0.704. The first-order valence-electron chi connectivity index (χ1n) is 4.72. The summed E-state index contributed by atoms with van der Waals surface area (Å²) >= 11 is 0. The first-order valence-corrected chi connectivity index (χ1v) is 4.72. The summed E-state index contributed by atoms with van der Waals surface area (Å²) in [5, 5.41) is 0. The van der Waals surface area contributed by atoms with Crippen molar-refractivity contribution in [3.05, 3.63) is 0 Å². The summed E-state index contributed by atoms with van der Waals surface area (Å²) in [6.45, 7) is -0.497. The highest BCUT2D eigenvalue weighted by Gasteiger charge is 2.31. The smallest absolute Gasteiger partial charge is 0.260 e. The molecule has 1 rings (SSSR count). The first kappa shape index (κ1) is 9.90. The van der Waals surface area contributed by atoms with Crippen LogP contribution in [0.2, 0.25) is 0 Å². The Bertz CT molecular complexity index is 130. The van der Waals surface area contributed by atoms with E-state index in [1.54, 1.807) is 0 Å². The molecular formula is C9H17F2N. The van der Waals surface area contributed by atoms with E-state index in [0.29, 0.717) is 0 Å². The van der Waals surface area contributed by atoms with Crippen LogP contribution in [0, 0.1) is 5.92 Å². The molecule has 1 fully saturated rings. The lowest BCUT2D eigenvalue weighted by Gasteiger charge is -2.25. The SMILES string of the molecule is NCC(F)(F)CC1CCCCC1. The summed E-state index contributed by atoms with van der Waals surface area (Å²) in [7, 11) is 0. The van der Waals surface area contributed by atoms with Crippen molar-refractivity contribution in [2.75, 3.05) is 6.54 Å². The molecule has 1 aliphatic rings. The maximum Gasteiger partial charge on any atom is 0.260 e. The fourth-order valence-electron chi connectivity index (χ4n) is 1.90. The van der Waals surface area contributed by atoms with Crippen LogP contribution < -0.4 is 5.73 Å². The largest absolute Gasteiger partial charge is 0.325 e. The summed E-state index contributed by atoms with van der Waals surface area (Å²) in [5.41, 5.74) is 4.97. The molecule has 0 bridgehead atoms. The molecule has 0 radical (unpaired) electrons. The maximum absolute atomic E-state index is 12.8. The van der Waals surface area contributed by atoms with E-state index in [0.717, 1.165) is 25.7 Å². The van der Waals surface area contributed by atoms with Gasteiger partial charge in [-0.25, -0.2) is 8.78 Å². The van der Waals surface area contributed by atoms with Crippen molar-refractivity contribution >= 4 is 0 Å². The van der Waals surface area contributed by atoms with E-state index in [2.05, 4.69) is 0 Å². The van der Waals surface area contributed by atoms with Gasteiger partial charge in [0.1, 0.15) is 0 Å². The molecule has 0 heterocycles. The second-order valence-electron chi connectivity index (χ2n) is 3.77. The van der Waals surface area contributed by atoms with E-state index in [4.69, 9.17) is 5.73 Å². The van der Waals surface area contributed by atoms with Crippen LogP contribution >= 0.6 is 0 Å². The number of nitrogens with two attached hydrogens (primary N) is 1. The van der Waals surface area contributed by atoms with Crippen LogP contribution in [0.4, 0.5) is 8.78 Å². The van der Waals surface area contributed by atoms with Gasteiger partial charge in [0, 0.05) is 6.42 Å². The van der Waals surface area contributed by atoms with E-state index >= 15 is 0 Å². The van der Waals surface area contributed by atoms with E-state index in [9.17, 15) is 8.78 Å². The summed E-state index contributed by atoms with van der Waals surface area (Å²) in [6.07, 6.45) is 5.38. The highest BCUT2D eigenvalue weighted by molar-refractivity contribution is 4.75. The Morgan fingerprint density at radius 3 is 2.25 bits per heavy atom. The Morgan fingerprint density at radius 1 is 1.17 bits per heavy atom. The second kappa shape index (κ2) is 4.17. The van der Waals surface area contributed by atoms with Gasteiger partial charge >= 0.3 is 0 Å². The van der Waals surface area contributed by atoms with Gasteiger partial charge in [-0.3, -0.25) is 0 Å². The molecule has 0 aromatic carbocycles. The Hall–Kier alpha value is -0.180. The van der Waals surface area contributed by atoms with E-state index in [1.807, 2.05) is 0 Å². The van der Waals surface area contributed by atoms with Crippen molar-refractivity contribution < 1.29 is 8.78 Å². The molecule has 1 aliphatic carbocycles. The summed E-state index contributed by atoms with van der Waals surface area (Å²) < 4.78 is 25.6. The summed E-state index contributed by atoms with van der Waals surface area (Å²) in [4.78, 5) is 0. The summed E-state index contributed by atoms with van der Waals surface area (Å²) in [5.74, 6) is -2.40. The Kier molecular flexibility index (Phi) is 3.44. The topological polar surface area (TPSA) is 26.0 Å². The van der Waals surface area contributed by atoms with Crippen LogP contribution in [0.15, 0.2) is 0 Å². The third-order valence-corrected chi connectivity index (χ3v) is 2.61. The lowest BCUT2D eigenvalue weighted by Crippen LogP contribution is -2.31. The fourth-order valence-corrected chi connectivity index (χ4v) is 1.90. The van der Waals surface area contributed by atoms with Gasteiger partial charge in [-0.1, -0.05) is 32.1 Å². The third kappa shape index (κ3) is 3.05. The normalized spacial score (nSPS) is 21.2. The summed E-state index contributed by atoms with van der Waals surface area (Å²) in [6, 6.07) is 0. The van der Waals surface area contributed by atoms with Gasteiger partial charge in [-0.15, -0.1) is 0 Å². The van der Waals surface area contributed by atoms with Crippen molar-refractivity contribution in [2.45, 2.75) is 44.4 Å². The molecule has 1 nitrogen and oxygen atoms in total. The molecule has 0 unspecified atom stereocenters. The van der Waals surface area contributed by atoms with Crippen molar-refractivity contribution in [3.8, 4) is 0 Å². The third-order valence-electron chi connectivity index (χ3n) is 2.61. The van der Waals surface area contributed by atoms with Crippen molar-refractivity contribution in [1.29, 1.82) is 0 Å². The van der Waals surface area contributed by atoms with Crippen molar-refractivity contribution in [1.82, 2.24) is 0 Å². The molecule has 0 aliphatic heterocycles. The molecule has 0 atom stereocenters. The highest BCUT2D eigenvalue weighted by atomic mass is 19.3. The van der Waals surface area contributed by atoms with Gasteiger partial charge < -0.3 is 5.73 Å². The van der Waals surface area contributed by atoms with Gasteiger partial charge in [0.2, 0.25) is 0 Å². The van der Waals surface area contributed by atoms with Crippen LogP contribution in [-0.2, 0) is 0 Å². The van der Waals surface area contributed by atoms with Gasteiger partial charge in [0.15, 0.2) is 0 Å². The Labute approximate surface area is 72.3 Å². The number of hydrogen-bond donors (Lipinski definition) is 1. The standard InChI is InChI=1S/C9H17F2N/c10-9(11,7-12)6-8-4-2-1-3-5-8/h8H,1-7,12H2. The van der Waals surface area contributed by atoms with E-state index in [1.165, 1.54) is 6.42 Å². The van der Waals surface area contributed by atoms with Crippen LogP contribution in [0.3, 0.4) is 0 Å². The number of rotatable bonds is 3. The minimum absolute atomic E-state index is 0.00347. The maximum atomic E-state index is 12.8. The van der Waals surface area contributed by atoms with Crippen LogP contribution in [0.1, 0.15) is 38.5 Å². The first-order chi connectivity index (χ1) is 5.64. The Balaban J connectivity index is 2.28. The molecule has 2 N–H and O–H groups in total. The van der Waals surface area contributed by atoms with Gasteiger partial charge in [0.05, 0.1) is 6.54 Å². The molecular weight excluding hydrogens is 160 g/mol. The molecule has 72 valence electrons. The van der Waals surface area contributed by atoms with Gasteiger partial charge in [-0.2, -0.15) is 0 Å². The lowest BCUT2D eigenvalue weighted by atomic mass is 9.85. The second-order valence-corrected chi connectivity index (χ2v) is 3.77. The molecule has 0 saturated heterocycles. The van der Waals surface area contributed by atoms with Crippen LogP contribution in [0.5, 0.6) is 0 Å². The lowest BCUT2D eigenvalue weighted by molar-refractivity contribution is -0.0183. The van der Waals surface area contributed by atoms with Crippen LogP contribution in [0.25, 0.3) is 0 Å². The monoisotopic (exact) mass is 177 g/mol. The molecule has 0 aromatic heterocycles. The predicted octanol–water partition coefficient (Wildman–Crippen LogP) is 2.55. The minimum atomic E-state index is -2.62. The molecule has 0 amide bonds. The van der Waals surface area contributed by atoms with E-state index in [-0.39, 0.29) is 12.3 Å². The molecule has 0 aromatic rings. The molecule has 12 heavy (non-hydrogen) atoms. The average Bonchev–Trinajstić information content (AvgIpc) is 2.06. The molecule has 3 heteroatoms. The highest BCUT2D eigenvalue weighted by Crippen LogP contribution is 2.32. The fraction of sp³-hybridized carbons (Fsp3) is 1.00. The Morgan fingerprint density at radius 2 is 1.75 bits per heavy atom. The zero-order valence-corrected chi connectivity index (χ0v) is 7.36. The number of hydrogen-bond acceptors (Lipinski definition) is 1. The van der Waals surface area contributed by atoms with E-state index < -0.39 is 12.5 Å².